The van der Waals surface area contributed by atoms with Crippen molar-refractivity contribution in [2.45, 2.75) is 51.7 Å². The summed E-state index contributed by atoms with van der Waals surface area (Å²) in [5.41, 5.74) is 0. The molecule has 5 nitrogen and oxygen atoms in total. The van der Waals surface area contributed by atoms with E-state index in [1.807, 2.05) is 0 Å². The quantitative estimate of drug-likeness (QED) is 0.773. The van der Waals surface area contributed by atoms with Gasteiger partial charge >= 0.3 is 12.1 Å². The monoisotopic (exact) mass is 229 g/mol. The first kappa shape index (κ1) is 12.8. The van der Waals surface area contributed by atoms with Crippen molar-refractivity contribution < 1.29 is 19.4 Å². The van der Waals surface area contributed by atoms with E-state index in [0.717, 1.165) is 12.8 Å². The lowest BCUT2D eigenvalue weighted by atomic mass is 9.84. The Morgan fingerprint density at radius 2 is 1.94 bits per heavy atom. The smallest absolute Gasteiger partial charge is 0.407 e. The van der Waals surface area contributed by atoms with Crippen molar-refractivity contribution >= 4 is 12.1 Å². The summed E-state index contributed by atoms with van der Waals surface area (Å²) >= 11 is 0. The first-order valence-electron chi connectivity index (χ1n) is 5.70. The number of carboxylic acid groups (broad SMARTS) is 1. The molecule has 2 N–H and O–H groups in total. The number of amides is 1. The highest BCUT2D eigenvalue weighted by molar-refractivity contribution is 5.73. The summed E-state index contributed by atoms with van der Waals surface area (Å²) in [6.07, 6.45) is 2.50. The van der Waals surface area contributed by atoms with Gasteiger partial charge in [0, 0.05) is 6.04 Å². The number of ether oxygens (including phenoxy) is 1. The maximum Gasteiger partial charge on any atom is 0.407 e. The average molecular weight is 229 g/mol. The second-order valence-corrected chi connectivity index (χ2v) is 4.43. The van der Waals surface area contributed by atoms with E-state index in [4.69, 9.17) is 9.84 Å². The van der Waals surface area contributed by atoms with Crippen molar-refractivity contribution in [1.82, 2.24) is 5.32 Å². The van der Waals surface area contributed by atoms with Gasteiger partial charge in [-0.05, 0) is 26.7 Å². The van der Waals surface area contributed by atoms with E-state index in [-0.39, 0.29) is 12.1 Å². The Morgan fingerprint density at radius 3 is 2.50 bits per heavy atom. The number of nitrogens with one attached hydrogen (secondary N) is 1. The number of hydrogen-bond acceptors (Lipinski definition) is 3. The van der Waals surface area contributed by atoms with Gasteiger partial charge in [-0.25, -0.2) is 4.79 Å². The van der Waals surface area contributed by atoms with E-state index in [2.05, 4.69) is 5.32 Å². The summed E-state index contributed by atoms with van der Waals surface area (Å²) in [5, 5.41) is 11.7. The van der Waals surface area contributed by atoms with E-state index in [9.17, 15) is 9.59 Å². The Labute approximate surface area is 95.2 Å². The lowest BCUT2D eigenvalue weighted by molar-refractivity contribution is -0.143. The average Bonchev–Trinajstić information content (AvgIpc) is 2.16. The molecule has 0 spiro atoms. The van der Waals surface area contributed by atoms with E-state index >= 15 is 0 Å². The number of carbonyl (C=O) groups excluding carboxylic acids is 1. The minimum atomic E-state index is -0.838. The number of rotatable bonds is 3. The topological polar surface area (TPSA) is 75.6 Å². The largest absolute Gasteiger partial charge is 0.481 e. The van der Waals surface area contributed by atoms with E-state index in [1.54, 1.807) is 13.8 Å². The van der Waals surface area contributed by atoms with Crippen LogP contribution in [0.2, 0.25) is 0 Å². The molecule has 1 rings (SSSR count). The molecule has 1 fully saturated rings. The Balaban J connectivity index is 2.49. The Kier molecular flexibility index (Phi) is 4.58. The van der Waals surface area contributed by atoms with E-state index in [0.29, 0.717) is 12.8 Å². The lowest BCUT2D eigenvalue weighted by Gasteiger charge is -2.29. The van der Waals surface area contributed by atoms with Crippen molar-refractivity contribution in [2.75, 3.05) is 0 Å². The van der Waals surface area contributed by atoms with Gasteiger partial charge in [-0.1, -0.05) is 12.8 Å². The third kappa shape index (κ3) is 3.72. The van der Waals surface area contributed by atoms with Crippen LogP contribution < -0.4 is 5.32 Å². The fourth-order valence-corrected chi connectivity index (χ4v) is 2.00. The summed E-state index contributed by atoms with van der Waals surface area (Å²) in [7, 11) is 0. The third-order valence-corrected chi connectivity index (χ3v) is 2.73. The van der Waals surface area contributed by atoms with Gasteiger partial charge in [-0.15, -0.1) is 0 Å². The molecule has 2 unspecified atom stereocenters. The van der Waals surface area contributed by atoms with Gasteiger partial charge in [0.1, 0.15) is 0 Å². The normalized spacial score (nSPS) is 25.2. The van der Waals surface area contributed by atoms with Crippen molar-refractivity contribution in [3.63, 3.8) is 0 Å². The van der Waals surface area contributed by atoms with Gasteiger partial charge < -0.3 is 15.2 Å². The molecule has 0 radical (unpaired) electrons. The molecule has 0 bridgehead atoms. The molecule has 16 heavy (non-hydrogen) atoms. The highest BCUT2D eigenvalue weighted by Crippen LogP contribution is 2.24. The van der Waals surface area contributed by atoms with Crippen LogP contribution in [0, 0.1) is 5.92 Å². The van der Waals surface area contributed by atoms with Crippen LogP contribution in [0.15, 0.2) is 0 Å². The molecule has 0 aliphatic heterocycles. The van der Waals surface area contributed by atoms with Crippen LogP contribution in [-0.4, -0.2) is 29.3 Å². The molecular formula is C11H19NO4. The Morgan fingerprint density at radius 1 is 1.31 bits per heavy atom. The molecule has 0 saturated heterocycles. The molecule has 5 heteroatoms. The summed E-state index contributed by atoms with van der Waals surface area (Å²) in [6.45, 7) is 3.52. The molecule has 92 valence electrons. The second kappa shape index (κ2) is 5.72. The van der Waals surface area contributed by atoms with Gasteiger partial charge in [0.2, 0.25) is 0 Å². The number of carbonyl (C=O) groups is 2. The molecule has 2 atom stereocenters. The fourth-order valence-electron chi connectivity index (χ4n) is 2.00. The van der Waals surface area contributed by atoms with Crippen LogP contribution in [0.3, 0.4) is 0 Å². The molecule has 1 aliphatic carbocycles. The zero-order chi connectivity index (χ0) is 12.1. The maximum absolute atomic E-state index is 11.4. The van der Waals surface area contributed by atoms with Crippen molar-refractivity contribution in [2.24, 2.45) is 5.92 Å². The summed E-state index contributed by atoms with van der Waals surface area (Å²) in [6, 6.07) is -0.294. The number of aliphatic carboxylic acids is 1. The van der Waals surface area contributed by atoms with Gasteiger partial charge in [-0.3, -0.25) is 4.79 Å². The molecular weight excluding hydrogens is 210 g/mol. The molecule has 0 aromatic carbocycles. The predicted molar refractivity (Wildman–Crippen MR) is 58.1 cm³/mol. The molecule has 0 aromatic rings. The van der Waals surface area contributed by atoms with Crippen LogP contribution in [0.4, 0.5) is 4.79 Å². The summed E-state index contributed by atoms with van der Waals surface area (Å²) in [5.74, 6) is -1.32. The Hall–Kier alpha value is -1.26. The minimum absolute atomic E-state index is 0.188. The maximum atomic E-state index is 11.4. The van der Waals surface area contributed by atoms with Gasteiger partial charge in [0.15, 0.2) is 0 Å². The minimum Gasteiger partial charge on any atom is -0.481 e. The first-order valence-corrected chi connectivity index (χ1v) is 5.70. The summed E-state index contributed by atoms with van der Waals surface area (Å²) < 4.78 is 4.94. The standard InChI is InChI=1S/C11H19NO4/c1-7(2)16-11(15)12-9-6-4-3-5-8(9)10(13)14/h7-9H,3-6H2,1-2H3,(H,12,15)(H,13,14). The first-order chi connectivity index (χ1) is 7.50. The third-order valence-electron chi connectivity index (χ3n) is 2.73. The van der Waals surface area contributed by atoms with Crippen LogP contribution in [-0.2, 0) is 9.53 Å². The SMILES string of the molecule is CC(C)OC(=O)NC1CCCCC1C(=O)O. The highest BCUT2D eigenvalue weighted by atomic mass is 16.6. The fraction of sp³-hybridized carbons (Fsp3) is 0.818. The van der Waals surface area contributed by atoms with E-state index < -0.39 is 18.0 Å². The molecule has 0 aromatic heterocycles. The van der Waals surface area contributed by atoms with Crippen LogP contribution >= 0.6 is 0 Å². The second-order valence-electron chi connectivity index (χ2n) is 4.43. The molecule has 0 heterocycles. The zero-order valence-electron chi connectivity index (χ0n) is 9.73. The van der Waals surface area contributed by atoms with E-state index in [1.165, 1.54) is 0 Å². The highest BCUT2D eigenvalue weighted by Gasteiger charge is 2.32. The number of hydrogen-bond donors (Lipinski definition) is 2. The molecule has 1 amide bonds. The number of carboxylic acids is 1. The number of alkyl carbamates (subject to hydrolysis) is 1. The van der Waals surface area contributed by atoms with Crippen LogP contribution in [0.1, 0.15) is 39.5 Å². The van der Waals surface area contributed by atoms with Gasteiger partial charge in [0.05, 0.1) is 12.0 Å². The zero-order valence-corrected chi connectivity index (χ0v) is 9.73. The molecule has 1 aliphatic rings. The van der Waals surface area contributed by atoms with Crippen LogP contribution in [0.5, 0.6) is 0 Å². The predicted octanol–water partition coefficient (Wildman–Crippen LogP) is 1.76. The van der Waals surface area contributed by atoms with Crippen molar-refractivity contribution in [3.8, 4) is 0 Å². The summed E-state index contributed by atoms with van der Waals surface area (Å²) in [4.78, 5) is 22.3. The lowest BCUT2D eigenvalue weighted by Crippen LogP contribution is -2.45. The Bertz CT molecular complexity index is 265. The van der Waals surface area contributed by atoms with Crippen LogP contribution in [0.25, 0.3) is 0 Å². The van der Waals surface area contributed by atoms with Crippen molar-refractivity contribution in [1.29, 1.82) is 0 Å². The molecule has 1 saturated carbocycles. The van der Waals surface area contributed by atoms with Crippen molar-refractivity contribution in [3.05, 3.63) is 0 Å². The van der Waals surface area contributed by atoms with Gasteiger partial charge in [0.25, 0.3) is 0 Å². The van der Waals surface area contributed by atoms with Gasteiger partial charge in [-0.2, -0.15) is 0 Å².